The van der Waals surface area contributed by atoms with E-state index in [0.717, 1.165) is 29.2 Å². The summed E-state index contributed by atoms with van der Waals surface area (Å²) in [6.07, 6.45) is 1.12. The third kappa shape index (κ3) is 3.68. The van der Waals surface area contributed by atoms with Crippen LogP contribution in [0.1, 0.15) is 28.7 Å². The minimum atomic E-state index is -1.09. The first kappa shape index (κ1) is 25.8. The molecule has 0 bridgehead atoms. The molecule has 0 radical (unpaired) electrons. The minimum absolute atomic E-state index is 0.0897. The van der Waals surface area contributed by atoms with E-state index in [2.05, 4.69) is 4.74 Å². The molecule has 3 aliphatic heterocycles. The van der Waals surface area contributed by atoms with Gasteiger partial charge in [0.05, 0.1) is 13.7 Å². The van der Waals surface area contributed by atoms with Gasteiger partial charge in [-0.1, -0.05) is 28.3 Å². The second-order valence-corrected chi connectivity index (χ2v) is 11.1. The number of carbonyl (C=O) groups is 1. The molecule has 13 heteroatoms. The van der Waals surface area contributed by atoms with Crippen LogP contribution in [0.3, 0.4) is 0 Å². The highest BCUT2D eigenvalue weighted by Crippen LogP contribution is 2.66. The molecule has 1 aromatic heterocycles. The summed E-state index contributed by atoms with van der Waals surface area (Å²) >= 11 is 1.43. The van der Waals surface area contributed by atoms with Crippen molar-refractivity contribution in [2.24, 2.45) is 5.11 Å². The molecule has 10 nitrogen and oxygen atoms in total. The number of morpholine rings is 1. The average Bonchev–Trinajstić information content (AvgIpc) is 3.69. The molecule has 0 unspecified atom stereocenters. The van der Waals surface area contributed by atoms with Crippen molar-refractivity contribution in [2.45, 2.75) is 34.8 Å². The number of aromatic nitrogens is 1. The smallest absolute Gasteiger partial charge is 0.510 e. The molecule has 7 rings (SSSR count). The normalized spacial score (nSPS) is 23.5. The molecule has 0 N–H and O–H groups in total. The number of carbonyl (C=O) groups excluding carboxylic acids is 1. The number of halogens is 2. The van der Waals surface area contributed by atoms with E-state index in [-0.39, 0.29) is 30.0 Å². The molecular weight excluding hydrogens is 560 g/mol. The van der Waals surface area contributed by atoms with Crippen molar-refractivity contribution in [3.05, 3.63) is 81.8 Å². The number of hydrogen-bond acceptors (Lipinski definition) is 10. The predicted octanol–water partition coefficient (Wildman–Crippen LogP) is 1.44. The third-order valence-electron chi connectivity index (χ3n) is 8.03. The van der Waals surface area contributed by atoms with Crippen LogP contribution in [0.2, 0.25) is 0 Å². The van der Waals surface area contributed by atoms with E-state index in [1.807, 2.05) is 18.2 Å². The third-order valence-corrected chi connectivity index (χ3v) is 9.16. The Morgan fingerprint density at radius 3 is 2.90 bits per heavy atom. The Labute approximate surface area is 236 Å². The number of fused-ring (bicyclic) bond motifs is 3. The van der Waals surface area contributed by atoms with Crippen LogP contribution in [-0.4, -0.2) is 43.8 Å². The maximum absolute atomic E-state index is 14.7. The molecule has 1 aliphatic carbocycles. The van der Waals surface area contributed by atoms with E-state index < -0.39 is 47.5 Å². The summed E-state index contributed by atoms with van der Waals surface area (Å²) in [5, 5.41) is 31.4. The van der Waals surface area contributed by atoms with Gasteiger partial charge in [0.1, 0.15) is 5.60 Å². The number of rotatable bonds is 4. The van der Waals surface area contributed by atoms with Gasteiger partial charge in [-0.05, 0) is 40.4 Å². The molecule has 4 heterocycles. The van der Waals surface area contributed by atoms with Crippen LogP contribution >= 0.6 is 11.8 Å². The van der Waals surface area contributed by atoms with Gasteiger partial charge in [0.2, 0.25) is 18.7 Å². The number of thioether (sulfide) groups is 1. The zero-order valence-corrected chi connectivity index (χ0v) is 22.5. The van der Waals surface area contributed by atoms with Crippen LogP contribution in [0, 0.1) is 11.6 Å². The van der Waals surface area contributed by atoms with Gasteiger partial charge in [-0.3, -0.25) is 0 Å². The lowest BCUT2D eigenvalue weighted by molar-refractivity contribution is -0.583. The van der Waals surface area contributed by atoms with Crippen LogP contribution in [0.5, 0.6) is 11.5 Å². The highest BCUT2D eigenvalue weighted by atomic mass is 32.2. The van der Waals surface area contributed by atoms with Gasteiger partial charge < -0.3 is 34.1 Å². The Balaban J connectivity index is 1.33. The van der Waals surface area contributed by atoms with Gasteiger partial charge in [0, 0.05) is 41.1 Å². The fourth-order valence-electron chi connectivity index (χ4n) is 6.09. The number of ether oxygens (including phenoxy) is 4. The molecule has 1 saturated carbocycles. The summed E-state index contributed by atoms with van der Waals surface area (Å²) in [5.74, 6) is -2.78. The standard InChI is InChI=1S/C28H22F2N3O7S/c1-37-26(36)39-14-38-24-20(34)7-8-33-23(24)25(35)32-9-10-40-27(13-28(27,32)31-33)18-3-2-4-21-16(18)11-15-5-6-19(29)22(30)17(15)12-41-21/h2-8H,9-14H2,1H3/q-1/t27-,28-/m0/s1. The van der Waals surface area contributed by atoms with E-state index in [9.17, 15) is 23.8 Å². The zero-order chi connectivity index (χ0) is 28.5. The Kier molecular flexibility index (Phi) is 5.81. The van der Waals surface area contributed by atoms with Crippen molar-refractivity contribution >= 4 is 23.8 Å². The molecule has 1 saturated heterocycles. The highest BCUT2D eigenvalue weighted by Gasteiger charge is 2.79. The minimum Gasteiger partial charge on any atom is -0.870 e. The number of pyridine rings is 1. The van der Waals surface area contributed by atoms with Crippen LogP contribution in [0.25, 0.3) is 5.88 Å². The van der Waals surface area contributed by atoms with E-state index in [1.165, 1.54) is 28.4 Å². The lowest BCUT2D eigenvalue weighted by Crippen LogP contribution is -2.61. The summed E-state index contributed by atoms with van der Waals surface area (Å²) in [5.41, 5.74) is 0.702. The van der Waals surface area contributed by atoms with Gasteiger partial charge in [-0.25, -0.2) is 13.6 Å². The maximum Gasteiger partial charge on any atom is 0.510 e. The Morgan fingerprint density at radius 2 is 2.07 bits per heavy atom. The number of hydrogen-bond donors (Lipinski definition) is 0. The molecular formula is C28H22F2N3O7S-. The van der Waals surface area contributed by atoms with E-state index in [1.54, 1.807) is 11.0 Å². The lowest BCUT2D eigenvalue weighted by atomic mass is 9.91. The Hall–Kier alpha value is -4.10. The average molecular weight is 583 g/mol. The highest BCUT2D eigenvalue weighted by molar-refractivity contribution is 7.98. The first-order valence-electron chi connectivity index (χ1n) is 12.8. The molecule has 41 heavy (non-hydrogen) atoms. The Morgan fingerprint density at radius 1 is 1.22 bits per heavy atom. The first-order chi connectivity index (χ1) is 19.8. The summed E-state index contributed by atoms with van der Waals surface area (Å²) in [4.78, 5) is 13.8. The summed E-state index contributed by atoms with van der Waals surface area (Å²) in [6, 6.07) is 9.73. The molecule has 2 fully saturated rings. The molecule has 2 aromatic carbocycles. The van der Waals surface area contributed by atoms with Crippen molar-refractivity contribution in [3.8, 4) is 11.5 Å². The second-order valence-electron chi connectivity index (χ2n) is 10.0. The quantitative estimate of drug-likeness (QED) is 0.256. The SMILES string of the molecule is COC(=O)OCOc1c([O-])cc[n+]2c1=C([O-])N1CCO[C@]3(c4cccc5c4Cc4ccc(F)c(F)c4CS5)C[C@]13N=2. The molecule has 2 atom stereocenters. The van der Waals surface area contributed by atoms with Crippen LogP contribution in [-0.2, 0) is 32.0 Å². The second kappa shape index (κ2) is 9.21. The molecule has 212 valence electrons. The zero-order valence-electron chi connectivity index (χ0n) is 21.6. The molecule has 1 spiro atoms. The lowest BCUT2D eigenvalue weighted by Gasteiger charge is -2.42. The van der Waals surface area contributed by atoms with E-state index in [4.69, 9.17) is 19.3 Å². The Bertz CT molecular complexity index is 1760. The predicted molar refractivity (Wildman–Crippen MR) is 133 cm³/mol. The number of nitrogens with zero attached hydrogens (tertiary/aromatic N) is 3. The van der Waals surface area contributed by atoms with Gasteiger partial charge in [-0.2, -0.15) is 0 Å². The summed E-state index contributed by atoms with van der Waals surface area (Å²) < 4.78 is 51.0. The van der Waals surface area contributed by atoms with Crippen molar-refractivity contribution < 1.29 is 47.1 Å². The topological polar surface area (TPSA) is 122 Å². The van der Waals surface area contributed by atoms with Crippen molar-refractivity contribution in [3.63, 3.8) is 0 Å². The van der Waals surface area contributed by atoms with Gasteiger partial charge in [0.15, 0.2) is 17.4 Å². The van der Waals surface area contributed by atoms with Crippen molar-refractivity contribution in [2.75, 3.05) is 27.1 Å². The van der Waals surface area contributed by atoms with Gasteiger partial charge in [-0.15, -0.1) is 11.8 Å². The fourth-order valence-corrected chi connectivity index (χ4v) is 7.24. The van der Waals surface area contributed by atoms with Gasteiger partial charge >= 0.3 is 6.16 Å². The van der Waals surface area contributed by atoms with Crippen molar-refractivity contribution in [1.82, 2.24) is 4.90 Å². The number of benzene rings is 2. The van der Waals surface area contributed by atoms with E-state index >= 15 is 0 Å². The number of methoxy groups -OCH3 is 1. The maximum atomic E-state index is 14.7. The largest absolute Gasteiger partial charge is 0.870 e. The van der Waals surface area contributed by atoms with Crippen LogP contribution in [0.15, 0.2) is 52.6 Å². The van der Waals surface area contributed by atoms with Crippen LogP contribution < -0.4 is 24.7 Å². The first-order valence-corrected chi connectivity index (χ1v) is 13.8. The van der Waals surface area contributed by atoms with Crippen LogP contribution in [0.4, 0.5) is 13.6 Å². The van der Waals surface area contributed by atoms with Gasteiger partial charge in [0.25, 0.3) is 5.35 Å². The van der Waals surface area contributed by atoms with E-state index in [0.29, 0.717) is 24.0 Å². The fraction of sp³-hybridized carbons (Fsp3) is 0.321. The summed E-state index contributed by atoms with van der Waals surface area (Å²) in [7, 11) is 1.13. The summed E-state index contributed by atoms with van der Waals surface area (Å²) in [6.45, 7) is -0.193. The monoisotopic (exact) mass is 582 g/mol. The molecule has 3 aromatic rings. The molecule has 4 aliphatic rings. The molecule has 0 amide bonds. The van der Waals surface area contributed by atoms with Crippen molar-refractivity contribution in [1.29, 1.82) is 0 Å².